The summed E-state index contributed by atoms with van der Waals surface area (Å²) in [5, 5.41) is 3.11. The van der Waals surface area contributed by atoms with E-state index in [2.05, 4.69) is 35.0 Å². The molecule has 0 radical (unpaired) electrons. The third kappa shape index (κ3) is 6.42. The van der Waals surface area contributed by atoms with E-state index in [4.69, 9.17) is 19.2 Å². The maximum absolute atomic E-state index is 12.9. The standard InChI is InChI=1S/C30H35N3O4/c1-5-22-11-14-24(15-12-22)37-18-8-17-33-26-10-7-6-9-25(26)32-30(33)21(2)31-29(34)20-23-13-16-27(35-3)28(19-23)36-4/h6-7,9-16,19,21H,5,8,17-18,20H2,1-4H3,(H,31,34). The van der Waals surface area contributed by atoms with Crippen molar-refractivity contribution in [1.29, 1.82) is 0 Å². The predicted molar refractivity (Wildman–Crippen MR) is 145 cm³/mol. The van der Waals surface area contributed by atoms with Crippen molar-refractivity contribution in [3.05, 3.63) is 83.7 Å². The van der Waals surface area contributed by atoms with Crippen LogP contribution in [0.4, 0.5) is 0 Å². The van der Waals surface area contributed by atoms with Crippen LogP contribution in [0, 0.1) is 0 Å². The lowest BCUT2D eigenvalue weighted by atomic mass is 10.1. The van der Waals surface area contributed by atoms with Crippen LogP contribution in [-0.2, 0) is 24.2 Å². The van der Waals surface area contributed by atoms with Crippen LogP contribution in [0.5, 0.6) is 17.2 Å². The molecule has 1 aromatic heterocycles. The van der Waals surface area contributed by atoms with E-state index in [1.165, 1.54) is 5.56 Å². The van der Waals surface area contributed by atoms with Gasteiger partial charge >= 0.3 is 0 Å². The molecule has 37 heavy (non-hydrogen) atoms. The Bertz CT molecular complexity index is 1330. The van der Waals surface area contributed by atoms with E-state index >= 15 is 0 Å². The molecule has 1 N–H and O–H groups in total. The molecule has 1 amide bonds. The minimum Gasteiger partial charge on any atom is -0.494 e. The van der Waals surface area contributed by atoms with E-state index < -0.39 is 0 Å². The zero-order valence-electron chi connectivity index (χ0n) is 22.0. The van der Waals surface area contributed by atoms with Gasteiger partial charge in [-0.15, -0.1) is 0 Å². The molecule has 194 valence electrons. The SMILES string of the molecule is CCc1ccc(OCCCn2c(C(C)NC(=O)Cc3ccc(OC)c(OC)c3)nc3ccccc32)cc1. The fourth-order valence-corrected chi connectivity index (χ4v) is 4.43. The van der Waals surface area contributed by atoms with E-state index in [9.17, 15) is 4.79 Å². The lowest BCUT2D eigenvalue weighted by Crippen LogP contribution is -2.30. The molecule has 1 unspecified atom stereocenters. The lowest BCUT2D eigenvalue weighted by Gasteiger charge is -2.17. The fourth-order valence-electron chi connectivity index (χ4n) is 4.43. The first-order valence-electron chi connectivity index (χ1n) is 12.7. The first-order chi connectivity index (χ1) is 18.0. The molecule has 1 atom stereocenters. The van der Waals surface area contributed by atoms with Gasteiger partial charge in [0.25, 0.3) is 0 Å². The summed E-state index contributed by atoms with van der Waals surface area (Å²) < 4.78 is 18.8. The average Bonchev–Trinajstić information content (AvgIpc) is 3.30. The summed E-state index contributed by atoms with van der Waals surface area (Å²) in [6.45, 7) is 5.44. The van der Waals surface area contributed by atoms with Gasteiger partial charge in [0.05, 0.1) is 44.3 Å². The second-order valence-electron chi connectivity index (χ2n) is 8.97. The molecule has 0 spiro atoms. The smallest absolute Gasteiger partial charge is 0.224 e. The second-order valence-corrected chi connectivity index (χ2v) is 8.97. The minimum atomic E-state index is -0.262. The van der Waals surface area contributed by atoms with Crippen molar-refractivity contribution in [3.8, 4) is 17.2 Å². The number of ether oxygens (including phenoxy) is 3. The van der Waals surface area contributed by atoms with E-state index in [0.29, 0.717) is 18.1 Å². The summed E-state index contributed by atoms with van der Waals surface area (Å²) in [6.07, 6.45) is 2.06. The molecule has 0 saturated carbocycles. The highest BCUT2D eigenvalue weighted by Crippen LogP contribution is 2.28. The highest BCUT2D eigenvalue weighted by atomic mass is 16.5. The molecule has 7 nitrogen and oxygen atoms in total. The molecule has 3 aromatic carbocycles. The summed E-state index contributed by atoms with van der Waals surface area (Å²) in [5.74, 6) is 2.86. The van der Waals surface area contributed by atoms with Gasteiger partial charge in [0.15, 0.2) is 11.5 Å². The van der Waals surface area contributed by atoms with Crippen LogP contribution in [0.3, 0.4) is 0 Å². The number of imidazole rings is 1. The Hall–Kier alpha value is -4.00. The molecule has 0 fully saturated rings. The monoisotopic (exact) mass is 501 g/mol. The Morgan fingerprint density at radius 2 is 1.70 bits per heavy atom. The number of fused-ring (bicyclic) bond motifs is 1. The van der Waals surface area contributed by atoms with Gasteiger partial charge in [-0.3, -0.25) is 4.79 Å². The number of para-hydroxylation sites is 2. The van der Waals surface area contributed by atoms with Crippen LogP contribution in [-0.4, -0.2) is 36.3 Å². The first-order valence-corrected chi connectivity index (χ1v) is 12.7. The molecule has 4 rings (SSSR count). The summed E-state index contributed by atoms with van der Waals surface area (Å²) >= 11 is 0. The minimum absolute atomic E-state index is 0.0859. The van der Waals surface area contributed by atoms with Crippen molar-refractivity contribution in [3.63, 3.8) is 0 Å². The normalized spacial score (nSPS) is 11.8. The van der Waals surface area contributed by atoms with Crippen molar-refractivity contribution < 1.29 is 19.0 Å². The maximum atomic E-state index is 12.9. The van der Waals surface area contributed by atoms with Gasteiger partial charge in [-0.2, -0.15) is 0 Å². The zero-order chi connectivity index (χ0) is 26.2. The van der Waals surface area contributed by atoms with Gasteiger partial charge in [-0.05, 0) is 67.3 Å². The Labute approximate surface area is 218 Å². The molecule has 7 heteroatoms. The number of aromatic nitrogens is 2. The van der Waals surface area contributed by atoms with Gasteiger partial charge in [0.1, 0.15) is 11.6 Å². The number of carbonyl (C=O) groups is 1. The van der Waals surface area contributed by atoms with E-state index in [1.807, 2.05) is 55.5 Å². The zero-order valence-corrected chi connectivity index (χ0v) is 22.0. The van der Waals surface area contributed by atoms with Crippen LogP contribution in [0.1, 0.15) is 43.3 Å². The molecule has 0 aliphatic carbocycles. The van der Waals surface area contributed by atoms with Crippen LogP contribution in [0.15, 0.2) is 66.7 Å². The summed E-state index contributed by atoms with van der Waals surface area (Å²) in [5.41, 5.74) is 4.10. The molecule has 0 saturated heterocycles. The maximum Gasteiger partial charge on any atom is 0.224 e. The van der Waals surface area contributed by atoms with Crippen molar-refractivity contribution in [2.24, 2.45) is 0 Å². The molecule has 0 bridgehead atoms. The topological polar surface area (TPSA) is 74.6 Å². The number of methoxy groups -OCH3 is 2. The first kappa shape index (κ1) is 26.1. The third-order valence-electron chi connectivity index (χ3n) is 6.39. The largest absolute Gasteiger partial charge is 0.494 e. The Balaban J connectivity index is 1.41. The van der Waals surface area contributed by atoms with Gasteiger partial charge in [-0.1, -0.05) is 37.3 Å². The molecule has 0 aliphatic heterocycles. The summed E-state index contributed by atoms with van der Waals surface area (Å²) in [6, 6.07) is 21.5. The molecular formula is C30H35N3O4. The Morgan fingerprint density at radius 3 is 2.43 bits per heavy atom. The van der Waals surface area contributed by atoms with Crippen LogP contribution >= 0.6 is 0 Å². The number of aryl methyl sites for hydroxylation is 2. The third-order valence-corrected chi connectivity index (χ3v) is 6.39. The quantitative estimate of drug-likeness (QED) is 0.259. The van der Waals surface area contributed by atoms with Crippen molar-refractivity contribution in [1.82, 2.24) is 14.9 Å². The van der Waals surface area contributed by atoms with Crippen LogP contribution in [0.25, 0.3) is 11.0 Å². The number of benzene rings is 3. The number of carbonyl (C=O) groups excluding carboxylic acids is 1. The van der Waals surface area contributed by atoms with Crippen LogP contribution in [0.2, 0.25) is 0 Å². The molecular weight excluding hydrogens is 466 g/mol. The predicted octanol–water partition coefficient (Wildman–Crippen LogP) is 5.50. The number of rotatable bonds is 12. The number of nitrogens with one attached hydrogen (secondary N) is 1. The number of hydrogen-bond acceptors (Lipinski definition) is 5. The van der Waals surface area contributed by atoms with Gasteiger partial charge in [0, 0.05) is 6.54 Å². The van der Waals surface area contributed by atoms with E-state index in [-0.39, 0.29) is 18.4 Å². The van der Waals surface area contributed by atoms with Crippen molar-refractivity contribution in [2.75, 3.05) is 20.8 Å². The van der Waals surface area contributed by atoms with Crippen LogP contribution < -0.4 is 19.5 Å². The van der Waals surface area contributed by atoms with Gasteiger partial charge in [0.2, 0.25) is 5.91 Å². The van der Waals surface area contributed by atoms with E-state index in [0.717, 1.165) is 47.6 Å². The van der Waals surface area contributed by atoms with Gasteiger partial charge < -0.3 is 24.1 Å². The number of hydrogen-bond donors (Lipinski definition) is 1. The van der Waals surface area contributed by atoms with Gasteiger partial charge in [-0.25, -0.2) is 4.98 Å². The Morgan fingerprint density at radius 1 is 0.973 bits per heavy atom. The molecule has 1 heterocycles. The summed E-state index contributed by atoms with van der Waals surface area (Å²) in [4.78, 5) is 17.7. The van der Waals surface area contributed by atoms with E-state index in [1.54, 1.807) is 14.2 Å². The summed E-state index contributed by atoms with van der Waals surface area (Å²) in [7, 11) is 3.18. The highest BCUT2D eigenvalue weighted by molar-refractivity contribution is 5.80. The molecule has 4 aromatic rings. The average molecular weight is 502 g/mol. The van der Waals surface area contributed by atoms with Crippen molar-refractivity contribution >= 4 is 16.9 Å². The van der Waals surface area contributed by atoms with Crippen molar-refractivity contribution in [2.45, 2.75) is 45.7 Å². The lowest BCUT2D eigenvalue weighted by molar-refractivity contribution is -0.121. The highest BCUT2D eigenvalue weighted by Gasteiger charge is 2.19. The number of nitrogens with zero attached hydrogens (tertiary/aromatic N) is 2. The second kappa shape index (κ2) is 12.3. The molecule has 0 aliphatic rings. The Kier molecular flexibility index (Phi) is 8.67. The number of amides is 1. The fraction of sp³-hybridized carbons (Fsp3) is 0.333.